The third-order valence-corrected chi connectivity index (χ3v) is 3.85. The van der Waals surface area contributed by atoms with Crippen molar-refractivity contribution in [2.75, 3.05) is 18.6 Å². The van der Waals surface area contributed by atoms with Crippen LogP contribution in [-0.2, 0) is 5.60 Å². The second kappa shape index (κ2) is 4.02. The molecule has 1 heterocycles. The summed E-state index contributed by atoms with van der Waals surface area (Å²) in [6.07, 6.45) is 0.612. The molecular weight excluding hydrogens is 215 g/mol. The molecule has 0 amide bonds. The fourth-order valence-electron chi connectivity index (χ4n) is 1.77. The van der Waals surface area contributed by atoms with Crippen molar-refractivity contribution in [2.45, 2.75) is 12.0 Å². The van der Waals surface area contributed by atoms with Crippen molar-refractivity contribution >= 4 is 11.8 Å². The van der Waals surface area contributed by atoms with E-state index in [4.69, 9.17) is 4.74 Å². The van der Waals surface area contributed by atoms with Crippen LogP contribution in [-0.4, -0.2) is 23.7 Å². The van der Waals surface area contributed by atoms with Crippen molar-refractivity contribution in [3.05, 3.63) is 29.6 Å². The van der Waals surface area contributed by atoms with Gasteiger partial charge in [0, 0.05) is 17.4 Å². The van der Waals surface area contributed by atoms with E-state index in [1.165, 1.54) is 13.2 Å². The minimum Gasteiger partial charge on any atom is -0.497 e. The SMILES string of the molecule is COc1ccc(C2(O)CCSC2)c(F)c1. The molecule has 0 radical (unpaired) electrons. The Kier molecular flexibility index (Phi) is 2.89. The summed E-state index contributed by atoms with van der Waals surface area (Å²) in [5.74, 6) is 1.53. The molecule has 0 aliphatic carbocycles. The normalized spacial score (nSPS) is 25.5. The third-order valence-electron chi connectivity index (χ3n) is 2.68. The van der Waals surface area contributed by atoms with Crippen molar-refractivity contribution < 1.29 is 14.2 Å². The van der Waals surface area contributed by atoms with E-state index >= 15 is 0 Å². The van der Waals surface area contributed by atoms with E-state index in [9.17, 15) is 9.50 Å². The molecule has 1 aliphatic heterocycles. The van der Waals surface area contributed by atoms with Gasteiger partial charge in [0.25, 0.3) is 0 Å². The van der Waals surface area contributed by atoms with Crippen LogP contribution in [0.1, 0.15) is 12.0 Å². The minimum absolute atomic E-state index is 0.383. The van der Waals surface area contributed by atoms with E-state index in [0.29, 0.717) is 23.5 Å². The highest BCUT2D eigenvalue weighted by Crippen LogP contribution is 2.38. The summed E-state index contributed by atoms with van der Waals surface area (Å²) in [4.78, 5) is 0. The summed E-state index contributed by atoms with van der Waals surface area (Å²) < 4.78 is 18.6. The maximum atomic E-state index is 13.7. The average Bonchev–Trinajstić information content (AvgIpc) is 2.65. The molecule has 0 bridgehead atoms. The van der Waals surface area contributed by atoms with Gasteiger partial charge in [-0.15, -0.1) is 0 Å². The quantitative estimate of drug-likeness (QED) is 0.841. The van der Waals surface area contributed by atoms with Gasteiger partial charge in [0.1, 0.15) is 17.2 Å². The van der Waals surface area contributed by atoms with Gasteiger partial charge in [-0.3, -0.25) is 0 Å². The first-order valence-corrected chi connectivity index (χ1v) is 5.95. The molecule has 1 unspecified atom stereocenters. The predicted octanol–water partition coefficient (Wildman–Crippen LogP) is 2.16. The summed E-state index contributed by atoms with van der Waals surface area (Å²) >= 11 is 1.65. The molecule has 0 spiro atoms. The average molecular weight is 228 g/mol. The number of thioether (sulfide) groups is 1. The largest absolute Gasteiger partial charge is 0.497 e. The number of hydrogen-bond acceptors (Lipinski definition) is 3. The van der Waals surface area contributed by atoms with E-state index in [2.05, 4.69) is 0 Å². The zero-order valence-corrected chi connectivity index (χ0v) is 9.31. The monoisotopic (exact) mass is 228 g/mol. The molecule has 1 N–H and O–H groups in total. The van der Waals surface area contributed by atoms with E-state index < -0.39 is 5.60 Å². The molecule has 1 aliphatic rings. The van der Waals surface area contributed by atoms with Crippen molar-refractivity contribution in [1.82, 2.24) is 0 Å². The summed E-state index contributed by atoms with van der Waals surface area (Å²) in [6.45, 7) is 0. The van der Waals surface area contributed by atoms with Crippen LogP contribution in [0.3, 0.4) is 0 Å². The summed E-state index contributed by atoms with van der Waals surface area (Å²) in [7, 11) is 1.49. The van der Waals surface area contributed by atoms with Crippen LogP contribution in [0, 0.1) is 5.82 Å². The first-order chi connectivity index (χ1) is 7.15. The van der Waals surface area contributed by atoms with E-state index in [-0.39, 0.29) is 5.82 Å². The van der Waals surface area contributed by atoms with Crippen molar-refractivity contribution in [1.29, 1.82) is 0 Å². The Morgan fingerprint density at radius 1 is 1.53 bits per heavy atom. The van der Waals surface area contributed by atoms with Crippen molar-refractivity contribution in [3.8, 4) is 5.75 Å². The van der Waals surface area contributed by atoms with Crippen molar-refractivity contribution in [2.24, 2.45) is 0 Å². The molecule has 1 saturated heterocycles. The molecule has 1 fully saturated rings. The second-order valence-corrected chi connectivity index (χ2v) is 4.79. The summed E-state index contributed by atoms with van der Waals surface area (Å²) in [5.41, 5.74) is -0.616. The number of hydrogen-bond donors (Lipinski definition) is 1. The second-order valence-electron chi connectivity index (χ2n) is 3.68. The van der Waals surface area contributed by atoms with Gasteiger partial charge in [-0.2, -0.15) is 11.8 Å². The Hall–Kier alpha value is -0.740. The Morgan fingerprint density at radius 3 is 2.87 bits per heavy atom. The molecule has 4 heteroatoms. The van der Waals surface area contributed by atoms with E-state index in [1.807, 2.05) is 0 Å². The molecule has 2 nitrogen and oxygen atoms in total. The minimum atomic E-state index is -0.999. The molecule has 1 aromatic carbocycles. The van der Waals surface area contributed by atoms with Gasteiger partial charge in [-0.1, -0.05) is 0 Å². The van der Waals surface area contributed by atoms with E-state index in [1.54, 1.807) is 23.9 Å². The van der Waals surface area contributed by atoms with Gasteiger partial charge in [-0.05, 0) is 24.3 Å². The third kappa shape index (κ3) is 1.96. The fourth-order valence-corrected chi connectivity index (χ4v) is 3.03. The molecular formula is C11H13FO2S. The number of methoxy groups -OCH3 is 1. The fraction of sp³-hybridized carbons (Fsp3) is 0.455. The van der Waals surface area contributed by atoms with Gasteiger partial charge < -0.3 is 9.84 Å². The summed E-state index contributed by atoms with van der Waals surface area (Å²) in [6, 6.07) is 4.61. The molecule has 1 aromatic rings. The maximum Gasteiger partial charge on any atom is 0.133 e. The molecule has 0 aromatic heterocycles. The lowest BCUT2D eigenvalue weighted by molar-refractivity contribution is 0.0618. The number of benzene rings is 1. The zero-order valence-electron chi connectivity index (χ0n) is 8.50. The van der Waals surface area contributed by atoms with Gasteiger partial charge in [-0.25, -0.2) is 4.39 Å². The molecule has 0 saturated carbocycles. The number of rotatable bonds is 2. The van der Waals surface area contributed by atoms with Crippen LogP contribution in [0.4, 0.5) is 4.39 Å². The lowest BCUT2D eigenvalue weighted by atomic mass is 9.93. The van der Waals surface area contributed by atoms with Crippen LogP contribution in [0.15, 0.2) is 18.2 Å². The van der Waals surface area contributed by atoms with E-state index in [0.717, 1.165) is 5.75 Å². The first kappa shape index (κ1) is 10.8. The number of halogens is 1. The zero-order chi connectivity index (χ0) is 10.9. The Bertz CT molecular complexity index is 362. The molecule has 2 rings (SSSR count). The number of ether oxygens (including phenoxy) is 1. The van der Waals surface area contributed by atoms with Gasteiger partial charge in [0.05, 0.1) is 7.11 Å². The highest BCUT2D eigenvalue weighted by atomic mass is 32.2. The highest BCUT2D eigenvalue weighted by molar-refractivity contribution is 7.99. The van der Waals surface area contributed by atoms with Crippen LogP contribution in [0.25, 0.3) is 0 Å². The topological polar surface area (TPSA) is 29.5 Å². The van der Waals surface area contributed by atoms with Crippen LogP contribution >= 0.6 is 11.8 Å². The predicted molar refractivity (Wildman–Crippen MR) is 58.8 cm³/mol. The number of aliphatic hydroxyl groups is 1. The molecule has 82 valence electrons. The molecule has 1 atom stereocenters. The standard InChI is InChI=1S/C11H13FO2S/c1-14-8-2-3-9(10(12)6-8)11(13)4-5-15-7-11/h2-3,6,13H,4-5,7H2,1H3. The summed E-state index contributed by atoms with van der Waals surface area (Å²) in [5, 5.41) is 10.2. The highest BCUT2D eigenvalue weighted by Gasteiger charge is 2.35. The van der Waals surface area contributed by atoms with Crippen LogP contribution in [0.5, 0.6) is 5.75 Å². The Balaban J connectivity index is 2.36. The smallest absolute Gasteiger partial charge is 0.133 e. The maximum absolute atomic E-state index is 13.7. The lowest BCUT2D eigenvalue weighted by Gasteiger charge is -2.22. The molecule has 15 heavy (non-hydrogen) atoms. The lowest BCUT2D eigenvalue weighted by Crippen LogP contribution is -2.26. The van der Waals surface area contributed by atoms with Gasteiger partial charge >= 0.3 is 0 Å². The van der Waals surface area contributed by atoms with Crippen LogP contribution < -0.4 is 4.74 Å². The Morgan fingerprint density at radius 2 is 2.33 bits per heavy atom. The van der Waals surface area contributed by atoms with Crippen LogP contribution in [0.2, 0.25) is 0 Å². The van der Waals surface area contributed by atoms with Crippen molar-refractivity contribution in [3.63, 3.8) is 0 Å². The Labute approximate surface area is 92.4 Å². The van der Waals surface area contributed by atoms with Gasteiger partial charge in [0.2, 0.25) is 0 Å². The first-order valence-electron chi connectivity index (χ1n) is 4.80. The van der Waals surface area contributed by atoms with Gasteiger partial charge in [0.15, 0.2) is 0 Å².